The van der Waals surface area contributed by atoms with Gasteiger partial charge in [0.2, 0.25) is 5.91 Å². The summed E-state index contributed by atoms with van der Waals surface area (Å²) in [7, 11) is 0. The number of fused-ring (bicyclic) bond motifs is 1. The molecule has 1 amide bonds. The number of anilines is 1. The van der Waals surface area contributed by atoms with Gasteiger partial charge in [0.25, 0.3) is 0 Å². The van der Waals surface area contributed by atoms with Crippen LogP contribution in [0.1, 0.15) is 30.3 Å². The number of Topliss-reactive ketones (excluding diaryl/α,β-unsaturated/α-hetero) is 1. The first kappa shape index (κ1) is 15.1. The highest BCUT2D eigenvalue weighted by molar-refractivity contribution is 6.10. The Morgan fingerprint density at radius 1 is 1.24 bits per heavy atom. The van der Waals surface area contributed by atoms with Crippen LogP contribution in [0.3, 0.4) is 0 Å². The zero-order valence-corrected chi connectivity index (χ0v) is 11.1. The molecule has 2 aromatic rings. The second-order valence-corrected chi connectivity index (χ2v) is 4.52. The summed E-state index contributed by atoms with van der Waals surface area (Å²) in [6.07, 6.45) is -6.33. The molecule has 1 N–H and O–H groups in total. The summed E-state index contributed by atoms with van der Waals surface area (Å²) < 4.78 is 41.6. The summed E-state index contributed by atoms with van der Waals surface area (Å²) in [6.45, 7) is 1.25. The number of furan rings is 1. The molecule has 1 aromatic heterocycles. The van der Waals surface area contributed by atoms with Gasteiger partial charge < -0.3 is 9.73 Å². The number of hydrogen-bond acceptors (Lipinski definition) is 3. The van der Waals surface area contributed by atoms with Crippen LogP contribution in [0.5, 0.6) is 0 Å². The third-order valence-corrected chi connectivity index (χ3v) is 2.82. The standard InChI is InChI=1S/C14H12F3NO3/c1-8(19)13-12(9-4-2-3-5-10(9)21-13)18-11(20)6-7-14(15,16)17/h2-5H,6-7H2,1H3,(H,18,20). The lowest BCUT2D eigenvalue weighted by Crippen LogP contribution is -2.17. The fourth-order valence-electron chi connectivity index (χ4n) is 1.87. The lowest BCUT2D eigenvalue weighted by molar-refractivity contribution is -0.142. The number of amides is 1. The van der Waals surface area contributed by atoms with Crippen molar-refractivity contribution in [1.82, 2.24) is 0 Å². The summed E-state index contributed by atoms with van der Waals surface area (Å²) in [4.78, 5) is 23.1. The number of ketones is 1. The van der Waals surface area contributed by atoms with Gasteiger partial charge >= 0.3 is 6.18 Å². The van der Waals surface area contributed by atoms with Crippen molar-refractivity contribution in [3.05, 3.63) is 30.0 Å². The van der Waals surface area contributed by atoms with E-state index in [9.17, 15) is 22.8 Å². The molecule has 0 fully saturated rings. The van der Waals surface area contributed by atoms with Crippen LogP contribution in [0.2, 0.25) is 0 Å². The lowest BCUT2D eigenvalue weighted by atomic mass is 10.2. The third-order valence-electron chi connectivity index (χ3n) is 2.82. The number of alkyl halides is 3. The fourth-order valence-corrected chi connectivity index (χ4v) is 1.87. The highest BCUT2D eigenvalue weighted by Gasteiger charge is 2.28. The largest absolute Gasteiger partial charge is 0.451 e. The second kappa shape index (κ2) is 5.59. The third kappa shape index (κ3) is 3.62. The molecule has 4 nitrogen and oxygen atoms in total. The lowest BCUT2D eigenvalue weighted by Gasteiger charge is -2.07. The Labute approximate surface area is 117 Å². The second-order valence-electron chi connectivity index (χ2n) is 4.52. The van der Waals surface area contributed by atoms with Crippen LogP contribution in [0.4, 0.5) is 18.9 Å². The van der Waals surface area contributed by atoms with E-state index in [0.29, 0.717) is 11.0 Å². The molecule has 0 saturated carbocycles. The number of carbonyl (C=O) groups is 2. The van der Waals surface area contributed by atoms with Crippen LogP contribution in [-0.2, 0) is 4.79 Å². The van der Waals surface area contributed by atoms with Crippen molar-refractivity contribution in [2.45, 2.75) is 25.9 Å². The van der Waals surface area contributed by atoms with Gasteiger partial charge in [-0.15, -0.1) is 0 Å². The number of nitrogens with one attached hydrogen (secondary N) is 1. The van der Waals surface area contributed by atoms with E-state index in [0.717, 1.165) is 0 Å². The van der Waals surface area contributed by atoms with Crippen LogP contribution in [-0.4, -0.2) is 17.9 Å². The van der Waals surface area contributed by atoms with E-state index < -0.39 is 30.7 Å². The smallest absolute Gasteiger partial charge is 0.389 e. The van der Waals surface area contributed by atoms with Crippen molar-refractivity contribution in [3.8, 4) is 0 Å². The molecule has 21 heavy (non-hydrogen) atoms. The predicted molar refractivity (Wildman–Crippen MR) is 70.1 cm³/mol. The molecule has 0 aliphatic carbocycles. The van der Waals surface area contributed by atoms with E-state index in [1.165, 1.54) is 6.92 Å². The summed E-state index contributed by atoms with van der Waals surface area (Å²) in [5.41, 5.74) is 0.499. The summed E-state index contributed by atoms with van der Waals surface area (Å²) in [6, 6.07) is 6.58. The van der Waals surface area contributed by atoms with E-state index in [-0.39, 0.29) is 11.4 Å². The Kier molecular flexibility index (Phi) is 4.02. The molecular formula is C14H12F3NO3. The molecule has 1 heterocycles. The van der Waals surface area contributed by atoms with Gasteiger partial charge in [0, 0.05) is 18.7 Å². The first-order valence-corrected chi connectivity index (χ1v) is 6.17. The average molecular weight is 299 g/mol. The van der Waals surface area contributed by atoms with E-state index >= 15 is 0 Å². The summed E-state index contributed by atoms with van der Waals surface area (Å²) in [5, 5.41) is 2.81. The molecule has 0 aliphatic heterocycles. The number of para-hydroxylation sites is 1. The minimum absolute atomic E-state index is 0.0726. The highest BCUT2D eigenvalue weighted by Crippen LogP contribution is 2.31. The van der Waals surface area contributed by atoms with Crippen LogP contribution in [0.15, 0.2) is 28.7 Å². The maximum Gasteiger partial charge on any atom is 0.389 e. The minimum Gasteiger partial charge on any atom is -0.451 e. The Bertz CT molecular complexity index is 688. The Balaban J connectivity index is 2.26. The van der Waals surface area contributed by atoms with E-state index in [2.05, 4.69) is 5.32 Å². The molecule has 2 rings (SSSR count). The Morgan fingerprint density at radius 2 is 1.90 bits per heavy atom. The quantitative estimate of drug-likeness (QED) is 0.871. The molecule has 0 atom stereocenters. The van der Waals surface area contributed by atoms with E-state index in [4.69, 9.17) is 4.42 Å². The molecule has 0 spiro atoms. The fraction of sp³-hybridized carbons (Fsp3) is 0.286. The topological polar surface area (TPSA) is 59.3 Å². The molecular weight excluding hydrogens is 287 g/mol. The molecule has 0 radical (unpaired) electrons. The minimum atomic E-state index is -4.40. The molecule has 0 aliphatic rings. The molecule has 0 saturated heterocycles. The van der Waals surface area contributed by atoms with Gasteiger partial charge in [0.05, 0.1) is 12.1 Å². The van der Waals surface area contributed by atoms with Crippen LogP contribution in [0, 0.1) is 0 Å². The number of benzene rings is 1. The monoisotopic (exact) mass is 299 g/mol. The zero-order valence-electron chi connectivity index (χ0n) is 11.1. The average Bonchev–Trinajstić information content (AvgIpc) is 2.75. The molecule has 7 heteroatoms. The first-order valence-electron chi connectivity index (χ1n) is 6.17. The normalized spacial score (nSPS) is 11.6. The number of halogens is 3. The van der Waals surface area contributed by atoms with Gasteiger partial charge in [0.1, 0.15) is 5.58 Å². The number of rotatable bonds is 4. The highest BCUT2D eigenvalue weighted by atomic mass is 19.4. The number of hydrogen-bond donors (Lipinski definition) is 1. The van der Waals surface area contributed by atoms with Crippen molar-refractivity contribution in [3.63, 3.8) is 0 Å². The van der Waals surface area contributed by atoms with E-state index in [1.54, 1.807) is 24.3 Å². The van der Waals surface area contributed by atoms with Gasteiger partial charge in [-0.1, -0.05) is 12.1 Å². The molecule has 0 bridgehead atoms. The molecule has 112 valence electrons. The maximum atomic E-state index is 12.1. The summed E-state index contributed by atoms with van der Waals surface area (Å²) >= 11 is 0. The van der Waals surface area contributed by atoms with Crippen LogP contribution >= 0.6 is 0 Å². The molecule has 1 aromatic carbocycles. The zero-order chi connectivity index (χ0) is 15.6. The van der Waals surface area contributed by atoms with Crippen LogP contribution in [0.25, 0.3) is 11.0 Å². The van der Waals surface area contributed by atoms with Crippen LogP contribution < -0.4 is 5.32 Å². The van der Waals surface area contributed by atoms with Gasteiger partial charge in [0.15, 0.2) is 11.5 Å². The van der Waals surface area contributed by atoms with Crippen molar-refractivity contribution >= 4 is 28.3 Å². The van der Waals surface area contributed by atoms with Crippen molar-refractivity contribution in [2.24, 2.45) is 0 Å². The maximum absolute atomic E-state index is 12.1. The molecule has 0 unspecified atom stereocenters. The van der Waals surface area contributed by atoms with Gasteiger partial charge in [-0.2, -0.15) is 13.2 Å². The Morgan fingerprint density at radius 3 is 2.52 bits per heavy atom. The van der Waals surface area contributed by atoms with Gasteiger partial charge in [-0.25, -0.2) is 0 Å². The van der Waals surface area contributed by atoms with Crippen molar-refractivity contribution in [2.75, 3.05) is 5.32 Å². The Hall–Kier alpha value is -2.31. The van der Waals surface area contributed by atoms with E-state index in [1.807, 2.05) is 0 Å². The predicted octanol–water partition coefficient (Wildman–Crippen LogP) is 3.92. The number of carbonyl (C=O) groups excluding carboxylic acids is 2. The van der Waals surface area contributed by atoms with Crippen molar-refractivity contribution < 1.29 is 27.2 Å². The SMILES string of the molecule is CC(=O)c1oc2ccccc2c1NC(=O)CCC(F)(F)F. The van der Waals surface area contributed by atoms with Crippen molar-refractivity contribution in [1.29, 1.82) is 0 Å². The van der Waals surface area contributed by atoms with Gasteiger partial charge in [-0.3, -0.25) is 9.59 Å². The van der Waals surface area contributed by atoms with Gasteiger partial charge in [-0.05, 0) is 12.1 Å². The summed E-state index contributed by atoms with van der Waals surface area (Å²) in [5.74, 6) is -1.31. The first-order chi connectivity index (χ1) is 9.78.